The van der Waals surface area contributed by atoms with E-state index in [-0.39, 0.29) is 86.9 Å². The third kappa shape index (κ3) is 6.45. The molecule has 2 aromatic carbocycles. The van der Waals surface area contributed by atoms with E-state index in [1.165, 1.54) is 0 Å². The molecule has 1 aliphatic heterocycles. The van der Waals surface area contributed by atoms with E-state index in [1.807, 2.05) is 90.4 Å². The van der Waals surface area contributed by atoms with Crippen LogP contribution in [0.2, 0.25) is 20.1 Å². The predicted molar refractivity (Wildman–Crippen MR) is 186 cm³/mol. The summed E-state index contributed by atoms with van der Waals surface area (Å²) in [7, 11) is 0. The van der Waals surface area contributed by atoms with Crippen LogP contribution in [0.1, 0.15) is 10.4 Å². The summed E-state index contributed by atoms with van der Waals surface area (Å²) in [4.78, 5) is 26.2. The zero-order valence-electron chi connectivity index (χ0n) is 19.1. The van der Waals surface area contributed by atoms with Crippen LogP contribution in [-0.2, 0) is 4.74 Å². The van der Waals surface area contributed by atoms with Gasteiger partial charge in [0.2, 0.25) is 5.43 Å². The number of fused-ring (bicyclic) bond motifs is 2. The third-order valence-corrected chi connectivity index (χ3v) is 10.8. The first kappa shape index (κ1) is 34.9. The molecule has 3 N–H and O–H groups in total. The van der Waals surface area contributed by atoms with Gasteiger partial charge in [-0.25, -0.2) is 4.79 Å². The molecule has 0 amide bonds. The molecule has 0 saturated heterocycles. The standard InChI is InChI=1S/C23H10Cl4I4O7.Na/c24-13-11(12(14(25)16(27)15(13)26)23(36)37-4-5(33)3-32)10-6-1-8(28)19(34)17(30)21(6)38-22-7(10)2-9(29)20(35)18(22)31;/h1-2,5,32-34H,3-4H2;. The van der Waals surface area contributed by atoms with Crippen molar-refractivity contribution in [1.29, 1.82) is 0 Å². The maximum absolute atomic E-state index is 13.4. The van der Waals surface area contributed by atoms with Crippen LogP contribution in [0.25, 0.3) is 33.4 Å². The topological polar surface area (TPSA) is 117 Å². The predicted octanol–water partition coefficient (Wildman–Crippen LogP) is 7.43. The van der Waals surface area contributed by atoms with E-state index in [9.17, 15) is 19.8 Å². The number of ether oxygens (including phenoxy) is 1. The van der Waals surface area contributed by atoms with E-state index in [2.05, 4.69) is 0 Å². The number of esters is 1. The number of benzene rings is 3. The average molecular weight is 1070 g/mol. The van der Waals surface area contributed by atoms with Gasteiger partial charge in [-0.3, -0.25) is 4.79 Å². The normalized spacial score (nSPS) is 12.1. The van der Waals surface area contributed by atoms with Gasteiger partial charge in [-0.15, -0.1) is 0 Å². The molecule has 1 aliphatic carbocycles. The minimum absolute atomic E-state index is 0. The summed E-state index contributed by atoms with van der Waals surface area (Å²) < 4.78 is 12.8. The number of phenols is 1. The zero-order valence-corrected chi connectivity index (χ0v) is 32.8. The summed E-state index contributed by atoms with van der Waals surface area (Å²) in [5, 5.41) is 29.2. The summed E-state index contributed by atoms with van der Waals surface area (Å²) in [6.45, 7) is -1.17. The number of rotatable bonds is 5. The summed E-state index contributed by atoms with van der Waals surface area (Å²) in [6.07, 6.45) is -1.33. The molecule has 39 heavy (non-hydrogen) atoms. The van der Waals surface area contributed by atoms with Gasteiger partial charge >= 0.3 is 5.97 Å². The van der Waals surface area contributed by atoms with Crippen LogP contribution in [0.5, 0.6) is 5.75 Å². The second-order valence-electron chi connectivity index (χ2n) is 7.69. The molecule has 1 radical (unpaired) electrons. The average Bonchev–Trinajstić information content (AvgIpc) is 2.89. The first-order valence-corrected chi connectivity index (χ1v) is 15.9. The molecule has 0 fully saturated rings. The Balaban J connectivity index is 0.00000420. The summed E-state index contributed by atoms with van der Waals surface area (Å²) in [5.41, 5.74) is 0.477. The summed E-state index contributed by atoms with van der Waals surface area (Å²) >= 11 is 33.7. The molecular formula is C23H10Cl4I4NaO7. The van der Waals surface area contributed by atoms with Crippen LogP contribution in [-0.4, -0.2) is 70.2 Å². The second-order valence-corrected chi connectivity index (χ2v) is 13.7. The minimum Gasteiger partial charge on any atom is -0.506 e. The Morgan fingerprint density at radius 3 is 2.18 bits per heavy atom. The van der Waals surface area contributed by atoms with E-state index in [1.54, 1.807) is 12.1 Å². The number of hydrogen-bond donors (Lipinski definition) is 3. The fourth-order valence-electron chi connectivity index (χ4n) is 3.62. The van der Waals surface area contributed by atoms with Gasteiger partial charge in [-0.2, -0.15) is 0 Å². The van der Waals surface area contributed by atoms with Crippen molar-refractivity contribution in [3.8, 4) is 28.2 Å². The van der Waals surface area contributed by atoms with Gasteiger partial charge in [0.1, 0.15) is 22.0 Å². The first-order chi connectivity index (χ1) is 17.8. The van der Waals surface area contributed by atoms with Crippen molar-refractivity contribution in [2.75, 3.05) is 13.2 Å². The van der Waals surface area contributed by atoms with Crippen LogP contribution < -0.4 is 5.43 Å². The number of aliphatic hydroxyl groups excluding tert-OH is 2. The van der Waals surface area contributed by atoms with E-state index in [4.69, 9.17) is 60.7 Å². The number of carbonyl (C=O) groups is 1. The quantitative estimate of drug-likeness (QED) is 0.0476. The smallest absolute Gasteiger partial charge is 0.340 e. The van der Waals surface area contributed by atoms with Crippen molar-refractivity contribution in [3.05, 3.63) is 62.3 Å². The van der Waals surface area contributed by atoms with Crippen molar-refractivity contribution < 1.29 is 29.3 Å². The molecule has 0 bridgehead atoms. The summed E-state index contributed by atoms with van der Waals surface area (Å²) in [6, 6.07) is 3.22. The second kappa shape index (κ2) is 14.0. The van der Waals surface area contributed by atoms with Crippen LogP contribution in [0.4, 0.5) is 0 Å². The first-order valence-electron chi connectivity index (χ1n) is 10.1. The molecule has 1 unspecified atom stereocenters. The molecular weight excluding hydrogens is 1060 g/mol. The third-order valence-electron chi connectivity index (χ3n) is 5.36. The van der Waals surface area contributed by atoms with Crippen LogP contribution in [0.15, 0.2) is 21.3 Å². The van der Waals surface area contributed by atoms with E-state index in [0.717, 1.165) is 0 Å². The summed E-state index contributed by atoms with van der Waals surface area (Å²) in [5.74, 6) is -0.843. The van der Waals surface area contributed by atoms with Crippen LogP contribution >= 0.6 is 137 Å². The van der Waals surface area contributed by atoms with Crippen LogP contribution in [0, 0.1) is 14.3 Å². The number of aromatic hydroxyl groups is 1. The SMILES string of the molecule is O=C(OCC(O)CO)c1c(Cl)c(Cl)c(Cl)c(Cl)c1-c1c2cc(I)c(=O)c(I)c-2oc2c(I)c(O)c(I)cc12.[Na]. The fourth-order valence-corrected chi connectivity index (χ4v) is 8.22. The molecule has 0 aromatic heterocycles. The Morgan fingerprint density at radius 1 is 0.949 bits per heavy atom. The Bertz CT molecular complexity index is 1680. The molecule has 2 aliphatic rings. The zero-order chi connectivity index (χ0) is 28.2. The number of hydrogen-bond acceptors (Lipinski definition) is 7. The van der Waals surface area contributed by atoms with Gasteiger partial charge in [0.25, 0.3) is 0 Å². The molecule has 16 heteroatoms. The molecule has 0 saturated carbocycles. The number of carbonyl (C=O) groups excluding carboxylic acids is 1. The molecule has 201 valence electrons. The van der Waals surface area contributed by atoms with Gasteiger partial charge < -0.3 is 24.5 Å². The van der Waals surface area contributed by atoms with E-state index >= 15 is 0 Å². The van der Waals surface area contributed by atoms with E-state index < -0.39 is 25.3 Å². The van der Waals surface area contributed by atoms with Crippen molar-refractivity contribution in [2.24, 2.45) is 0 Å². The Morgan fingerprint density at radius 2 is 1.56 bits per heavy atom. The van der Waals surface area contributed by atoms with Crippen molar-refractivity contribution in [2.45, 2.75) is 6.10 Å². The molecule has 7 nitrogen and oxygen atoms in total. The molecule has 2 aromatic rings. The maximum atomic E-state index is 13.4. The van der Waals surface area contributed by atoms with E-state index in [0.29, 0.717) is 27.2 Å². The fraction of sp³-hybridized carbons (Fsp3) is 0.130. The molecule has 4 rings (SSSR count). The van der Waals surface area contributed by atoms with Crippen molar-refractivity contribution >= 4 is 183 Å². The number of phenolic OH excluding ortho intramolecular Hbond substituents is 1. The molecule has 1 atom stereocenters. The van der Waals surface area contributed by atoms with Crippen molar-refractivity contribution in [1.82, 2.24) is 0 Å². The Hall–Kier alpha value is 1.40. The molecule has 1 heterocycles. The minimum atomic E-state index is -1.33. The maximum Gasteiger partial charge on any atom is 0.340 e. The number of aliphatic hydroxyl groups is 2. The Labute approximate surface area is 317 Å². The van der Waals surface area contributed by atoms with Gasteiger partial charge in [0.15, 0.2) is 11.3 Å². The Kier molecular flexibility index (Phi) is 12.5. The van der Waals surface area contributed by atoms with Crippen LogP contribution in [0.3, 0.4) is 0 Å². The van der Waals surface area contributed by atoms with Gasteiger partial charge in [0.05, 0.1) is 43.0 Å². The van der Waals surface area contributed by atoms with Gasteiger partial charge in [-0.1, -0.05) is 46.4 Å². The van der Waals surface area contributed by atoms with Gasteiger partial charge in [-0.05, 0) is 102 Å². The van der Waals surface area contributed by atoms with Crippen molar-refractivity contribution in [3.63, 3.8) is 0 Å². The van der Waals surface area contributed by atoms with Gasteiger partial charge in [0, 0.05) is 51.6 Å². The monoisotopic (exact) mass is 1070 g/mol. The molecule has 0 spiro atoms. The number of halogens is 8. The largest absolute Gasteiger partial charge is 0.506 e.